The lowest BCUT2D eigenvalue weighted by atomic mass is 9.84. The Balaban J connectivity index is 2.59. The molecule has 3 nitrogen and oxygen atoms in total. The van der Waals surface area contributed by atoms with E-state index in [2.05, 4.69) is 29.6 Å². The molecular formula is C16H18O3. The first-order valence-corrected chi connectivity index (χ1v) is 6.21. The average molecular weight is 258 g/mol. The van der Waals surface area contributed by atoms with Gasteiger partial charge in [0.15, 0.2) is 6.10 Å². The molecule has 0 aliphatic heterocycles. The van der Waals surface area contributed by atoms with Gasteiger partial charge in [0.05, 0.1) is 12.5 Å². The number of carbonyl (C=O) groups excluding carboxylic acids is 1. The highest BCUT2D eigenvalue weighted by molar-refractivity contribution is 5.77. The van der Waals surface area contributed by atoms with Gasteiger partial charge in [-0.2, -0.15) is 0 Å². The number of methoxy groups -OCH3 is 1. The Hall–Kier alpha value is -1.89. The van der Waals surface area contributed by atoms with Gasteiger partial charge in [0.2, 0.25) is 0 Å². The topological polar surface area (TPSA) is 46.5 Å². The molecule has 1 aliphatic carbocycles. The van der Waals surface area contributed by atoms with Crippen molar-refractivity contribution in [2.45, 2.75) is 38.7 Å². The normalized spacial score (nSPS) is 17.6. The van der Waals surface area contributed by atoms with E-state index in [1.54, 1.807) is 6.92 Å². The first-order chi connectivity index (χ1) is 9.01. The minimum Gasteiger partial charge on any atom is -0.469 e. The summed E-state index contributed by atoms with van der Waals surface area (Å²) in [5.41, 5.74) is -0.833. The van der Waals surface area contributed by atoms with Crippen molar-refractivity contribution < 1.29 is 14.6 Å². The van der Waals surface area contributed by atoms with Crippen LogP contribution in [0.1, 0.15) is 32.6 Å². The third-order valence-electron chi connectivity index (χ3n) is 2.89. The van der Waals surface area contributed by atoms with Crippen LogP contribution < -0.4 is 0 Å². The second-order valence-electron chi connectivity index (χ2n) is 4.90. The van der Waals surface area contributed by atoms with Gasteiger partial charge in [-0.15, -0.1) is 12.3 Å². The van der Waals surface area contributed by atoms with Crippen molar-refractivity contribution in [3.8, 4) is 36.0 Å². The van der Waals surface area contributed by atoms with Gasteiger partial charge in [-0.3, -0.25) is 4.79 Å². The summed E-state index contributed by atoms with van der Waals surface area (Å²) in [6.45, 7) is 1.70. The molecule has 1 rings (SSSR count). The van der Waals surface area contributed by atoms with Crippen LogP contribution in [0, 0.1) is 47.4 Å². The summed E-state index contributed by atoms with van der Waals surface area (Å²) in [5.74, 6) is 13.5. The molecule has 0 heterocycles. The maximum atomic E-state index is 11.6. The van der Waals surface area contributed by atoms with Gasteiger partial charge >= 0.3 is 5.97 Å². The lowest BCUT2D eigenvalue weighted by molar-refractivity contribution is -0.151. The zero-order chi connectivity index (χ0) is 14.3. The number of carbonyl (C=O) groups is 1. The molecule has 0 aromatic rings. The first-order valence-electron chi connectivity index (χ1n) is 6.21. The van der Waals surface area contributed by atoms with Crippen LogP contribution in [0.5, 0.6) is 0 Å². The molecule has 0 bridgehead atoms. The highest BCUT2D eigenvalue weighted by Gasteiger charge is 2.32. The van der Waals surface area contributed by atoms with Gasteiger partial charge in [-0.1, -0.05) is 23.7 Å². The predicted octanol–water partition coefficient (Wildman–Crippen LogP) is 1.36. The summed E-state index contributed by atoms with van der Waals surface area (Å²) in [6, 6.07) is 0. The SMILES string of the molecule is C#CCC(C)(CC#CC(O)C#CC1CC1)C(=O)OC. The lowest BCUT2D eigenvalue weighted by Crippen LogP contribution is -2.28. The molecule has 0 amide bonds. The zero-order valence-electron chi connectivity index (χ0n) is 11.3. The molecular weight excluding hydrogens is 240 g/mol. The Morgan fingerprint density at radius 3 is 2.68 bits per heavy atom. The fraction of sp³-hybridized carbons (Fsp3) is 0.562. The van der Waals surface area contributed by atoms with E-state index in [0.717, 1.165) is 12.8 Å². The van der Waals surface area contributed by atoms with E-state index < -0.39 is 17.5 Å². The largest absolute Gasteiger partial charge is 0.469 e. The highest BCUT2D eigenvalue weighted by Crippen LogP contribution is 2.27. The quantitative estimate of drug-likeness (QED) is 0.614. The smallest absolute Gasteiger partial charge is 0.313 e. The van der Waals surface area contributed by atoms with Crippen molar-refractivity contribution in [1.82, 2.24) is 0 Å². The van der Waals surface area contributed by atoms with Crippen LogP contribution in [0.4, 0.5) is 0 Å². The molecule has 3 heteroatoms. The number of esters is 1. The third-order valence-corrected chi connectivity index (χ3v) is 2.89. The summed E-state index contributed by atoms with van der Waals surface area (Å²) in [7, 11) is 1.32. The minimum atomic E-state index is -0.965. The van der Waals surface area contributed by atoms with E-state index in [0.29, 0.717) is 5.92 Å². The van der Waals surface area contributed by atoms with Crippen molar-refractivity contribution in [2.75, 3.05) is 7.11 Å². The summed E-state index contributed by atoms with van der Waals surface area (Å²) >= 11 is 0. The fourth-order valence-electron chi connectivity index (χ4n) is 1.48. The summed E-state index contributed by atoms with van der Waals surface area (Å²) < 4.78 is 4.72. The van der Waals surface area contributed by atoms with E-state index in [-0.39, 0.29) is 12.8 Å². The average Bonchev–Trinajstić information content (AvgIpc) is 3.19. The Morgan fingerprint density at radius 1 is 1.47 bits per heavy atom. The Kier molecular flexibility index (Phi) is 5.50. The molecule has 2 atom stereocenters. The molecule has 100 valence electrons. The van der Waals surface area contributed by atoms with E-state index in [9.17, 15) is 9.90 Å². The van der Waals surface area contributed by atoms with Crippen LogP contribution in [0.25, 0.3) is 0 Å². The van der Waals surface area contributed by atoms with Gasteiger partial charge in [0.1, 0.15) is 0 Å². The Bertz CT molecular complexity index is 488. The van der Waals surface area contributed by atoms with E-state index in [1.807, 2.05) is 0 Å². The standard InChI is InChI=1S/C16H18O3/c1-4-11-16(2,15(18)19-3)12-5-6-14(17)10-9-13-7-8-13/h1,13-14,17H,7-8,11-12H2,2-3H3. The van der Waals surface area contributed by atoms with E-state index in [4.69, 9.17) is 11.2 Å². The molecule has 1 fully saturated rings. The van der Waals surface area contributed by atoms with Crippen molar-refractivity contribution in [1.29, 1.82) is 0 Å². The molecule has 1 N–H and O–H groups in total. The maximum absolute atomic E-state index is 11.6. The van der Waals surface area contributed by atoms with Gasteiger partial charge in [0.25, 0.3) is 0 Å². The van der Waals surface area contributed by atoms with Gasteiger partial charge < -0.3 is 9.84 Å². The van der Waals surface area contributed by atoms with E-state index >= 15 is 0 Å². The number of aliphatic hydroxyl groups is 1. The number of aliphatic hydroxyl groups excluding tert-OH is 1. The second-order valence-corrected chi connectivity index (χ2v) is 4.90. The van der Waals surface area contributed by atoms with Gasteiger partial charge in [-0.05, 0) is 19.8 Å². The fourth-order valence-corrected chi connectivity index (χ4v) is 1.48. The number of ether oxygens (including phenoxy) is 1. The molecule has 1 saturated carbocycles. The molecule has 0 aromatic heterocycles. The van der Waals surface area contributed by atoms with E-state index in [1.165, 1.54) is 7.11 Å². The van der Waals surface area contributed by atoms with Crippen LogP contribution >= 0.6 is 0 Å². The van der Waals surface area contributed by atoms with Crippen LogP contribution in [-0.4, -0.2) is 24.3 Å². The number of terminal acetylenes is 1. The van der Waals surface area contributed by atoms with Crippen molar-refractivity contribution >= 4 is 5.97 Å². The van der Waals surface area contributed by atoms with Gasteiger partial charge in [-0.25, -0.2) is 0 Å². The second kappa shape index (κ2) is 6.89. The Morgan fingerprint density at radius 2 is 2.16 bits per heavy atom. The number of hydrogen-bond acceptors (Lipinski definition) is 3. The lowest BCUT2D eigenvalue weighted by Gasteiger charge is -2.21. The van der Waals surface area contributed by atoms with Crippen LogP contribution in [-0.2, 0) is 9.53 Å². The first kappa shape index (κ1) is 15.2. The third kappa shape index (κ3) is 5.09. The highest BCUT2D eigenvalue weighted by atomic mass is 16.5. The van der Waals surface area contributed by atoms with Crippen LogP contribution in [0.2, 0.25) is 0 Å². The van der Waals surface area contributed by atoms with Crippen LogP contribution in [0.3, 0.4) is 0 Å². The summed E-state index contributed by atoms with van der Waals surface area (Å²) in [5, 5.41) is 9.54. The zero-order valence-corrected chi connectivity index (χ0v) is 11.3. The molecule has 0 saturated heterocycles. The number of hydrogen-bond donors (Lipinski definition) is 1. The van der Waals surface area contributed by atoms with Crippen molar-refractivity contribution in [2.24, 2.45) is 11.3 Å². The summed E-state index contributed by atoms with van der Waals surface area (Å²) in [4.78, 5) is 11.6. The molecule has 1 aliphatic rings. The van der Waals surface area contributed by atoms with Crippen molar-refractivity contribution in [3.05, 3.63) is 0 Å². The summed E-state index contributed by atoms with van der Waals surface area (Å²) in [6.07, 6.45) is 6.99. The monoisotopic (exact) mass is 258 g/mol. The molecule has 0 aromatic carbocycles. The Labute approximate surface area is 114 Å². The molecule has 0 radical (unpaired) electrons. The maximum Gasteiger partial charge on any atom is 0.313 e. The molecule has 0 spiro atoms. The predicted molar refractivity (Wildman–Crippen MR) is 72.5 cm³/mol. The minimum absolute atomic E-state index is 0.242. The molecule has 19 heavy (non-hydrogen) atoms. The van der Waals surface area contributed by atoms with Gasteiger partial charge in [0, 0.05) is 18.8 Å². The molecule has 2 unspecified atom stereocenters. The number of rotatable bonds is 3. The van der Waals surface area contributed by atoms with Crippen LogP contribution in [0.15, 0.2) is 0 Å². The van der Waals surface area contributed by atoms with Crippen molar-refractivity contribution in [3.63, 3.8) is 0 Å².